The van der Waals surface area contributed by atoms with Crippen molar-refractivity contribution in [2.45, 2.75) is 6.29 Å². The van der Waals surface area contributed by atoms with Gasteiger partial charge in [0.2, 0.25) is 0 Å². The first-order valence-electron chi connectivity index (χ1n) is 5.80. The number of furan rings is 1. The van der Waals surface area contributed by atoms with Crippen LogP contribution in [0.4, 0.5) is 0 Å². The van der Waals surface area contributed by atoms with Crippen LogP contribution in [0.2, 0.25) is 0 Å². The summed E-state index contributed by atoms with van der Waals surface area (Å²) in [6.45, 7) is 0. The summed E-state index contributed by atoms with van der Waals surface area (Å²) in [5, 5.41) is 2.20. The van der Waals surface area contributed by atoms with Gasteiger partial charge in [-0.3, -0.25) is 0 Å². The predicted octanol–water partition coefficient (Wildman–Crippen LogP) is 3.90. The molecule has 0 saturated carbocycles. The maximum Gasteiger partial charge on any atom is 0.300 e. The van der Waals surface area contributed by atoms with Crippen LogP contribution >= 0.6 is 0 Å². The van der Waals surface area contributed by atoms with E-state index in [2.05, 4.69) is 6.07 Å². The Bertz CT molecular complexity index is 701. The van der Waals surface area contributed by atoms with Gasteiger partial charge < -0.3 is 13.9 Å². The second-order valence-corrected chi connectivity index (χ2v) is 4.20. The molecule has 1 unspecified atom stereocenters. The highest BCUT2D eigenvalue weighted by Gasteiger charge is 2.29. The number of hydrogen-bond acceptors (Lipinski definition) is 3. The van der Waals surface area contributed by atoms with Crippen LogP contribution in [0.5, 0.6) is 11.5 Å². The van der Waals surface area contributed by atoms with Crippen LogP contribution in [0.25, 0.3) is 10.8 Å². The molecule has 0 saturated heterocycles. The molecule has 2 heterocycles. The Hall–Kier alpha value is -2.42. The molecule has 1 aliphatic heterocycles. The number of rotatable bonds is 1. The SMILES string of the molecule is c1coc(C2Oc3ccc4ccccc4c3O2)c1. The van der Waals surface area contributed by atoms with E-state index in [1.54, 1.807) is 6.26 Å². The van der Waals surface area contributed by atoms with Crippen molar-refractivity contribution in [2.75, 3.05) is 0 Å². The zero-order valence-corrected chi connectivity index (χ0v) is 9.50. The normalized spacial score (nSPS) is 17.2. The third-order valence-corrected chi connectivity index (χ3v) is 3.08. The summed E-state index contributed by atoms with van der Waals surface area (Å²) in [6.07, 6.45) is 1.13. The Kier molecular flexibility index (Phi) is 1.88. The molecule has 0 spiro atoms. The number of hydrogen-bond donors (Lipinski definition) is 0. The van der Waals surface area contributed by atoms with Gasteiger partial charge in [-0.2, -0.15) is 0 Å². The van der Waals surface area contributed by atoms with E-state index in [-0.39, 0.29) is 0 Å². The molecule has 1 aromatic heterocycles. The van der Waals surface area contributed by atoms with Crippen LogP contribution in [0.3, 0.4) is 0 Å². The van der Waals surface area contributed by atoms with Gasteiger partial charge in [0, 0.05) is 5.39 Å². The lowest BCUT2D eigenvalue weighted by atomic mass is 10.1. The maximum atomic E-state index is 5.85. The first kappa shape index (κ1) is 9.59. The Balaban J connectivity index is 1.83. The Morgan fingerprint density at radius 1 is 0.833 bits per heavy atom. The van der Waals surface area contributed by atoms with Gasteiger partial charge in [0.05, 0.1) is 6.26 Å². The molecule has 18 heavy (non-hydrogen) atoms. The lowest BCUT2D eigenvalue weighted by molar-refractivity contribution is 0.0293. The van der Waals surface area contributed by atoms with Gasteiger partial charge in [0.25, 0.3) is 0 Å². The second-order valence-electron chi connectivity index (χ2n) is 4.20. The molecule has 0 amide bonds. The molecule has 3 aromatic rings. The lowest BCUT2D eigenvalue weighted by Gasteiger charge is -2.06. The summed E-state index contributed by atoms with van der Waals surface area (Å²) in [5.41, 5.74) is 0. The van der Waals surface area contributed by atoms with E-state index in [1.807, 2.05) is 42.5 Å². The third kappa shape index (κ3) is 1.31. The topological polar surface area (TPSA) is 31.6 Å². The Morgan fingerprint density at radius 2 is 1.78 bits per heavy atom. The average molecular weight is 238 g/mol. The fourth-order valence-electron chi connectivity index (χ4n) is 2.23. The molecule has 0 N–H and O–H groups in total. The van der Waals surface area contributed by atoms with E-state index in [0.717, 1.165) is 22.3 Å². The largest absolute Gasteiger partial charge is 0.461 e. The number of ether oxygens (including phenoxy) is 2. The van der Waals surface area contributed by atoms with Crippen LogP contribution in [0, 0.1) is 0 Å². The monoisotopic (exact) mass is 238 g/mol. The summed E-state index contributed by atoms with van der Waals surface area (Å²) >= 11 is 0. The summed E-state index contributed by atoms with van der Waals surface area (Å²) < 4.78 is 16.9. The molecule has 88 valence electrons. The van der Waals surface area contributed by atoms with Crippen molar-refractivity contribution in [1.29, 1.82) is 0 Å². The highest BCUT2D eigenvalue weighted by Crippen LogP contribution is 2.45. The van der Waals surface area contributed by atoms with Crippen LogP contribution in [0.1, 0.15) is 12.1 Å². The maximum absolute atomic E-state index is 5.85. The second kappa shape index (κ2) is 3.53. The summed E-state index contributed by atoms with van der Waals surface area (Å²) in [4.78, 5) is 0. The van der Waals surface area contributed by atoms with Gasteiger partial charge >= 0.3 is 6.29 Å². The van der Waals surface area contributed by atoms with E-state index in [1.165, 1.54) is 0 Å². The molecule has 0 aliphatic carbocycles. The van der Waals surface area contributed by atoms with E-state index >= 15 is 0 Å². The van der Waals surface area contributed by atoms with E-state index in [9.17, 15) is 0 Å². The zero-order valence-electron chi connectivity index (χ0n) is 9.50. The summed E-state index contributed by atoms with van der Waals surface area (Å²) in [6, 6.07) is 15.7. The molecular weight excluding hydrogens is 228 g/mol. The fourth-order valence-corrected chi connectivity index (χ4v) is 2.23. The number of benzene rings is 2. The van der Waals surface area contributed by atoms with Crippen molar-refractivity contribution in [1.82, 2.24) is 0 Å². The first-order chi connectivity index (χ1) is 8.92. The van der Waals surface area contributed by atoms with Gasteiger partial charge in [-0.15, -0.1) is 0 Å². The van der Waals surface area contributed by atoms with Gasteiger partial charge in [-0.05, 0) is 23.6 Å². The summed E-state index contributed by atoms with van der Waals surface area (Å²) in [5.74, 6) is 2.22. The highest BCUT2D eigenvalue weighted by atomic mass is 16.7. The van der Waals surface area contributed by atoms with Crippen LogP contribution in [0.15, 0.2) is 59.2 Å². The van der Waals surface area contributed by atoms with Crippen molar-refractivity contribution in [3.05, 3.63) is 60.6 Å². The third-order valence-electron chi connectivity index (χ3n) is 3.08. The Labute approximate surface area is 104 Å². The van der Waals surface area contributed by atoms with Crippen LogP contribution in [-0.2, 0) is 0 Å². The van der Waals surface area contributed by atoms with Crippen molar-refractivity contribution < 1.29 is 13.9 Å². The van der Waals surface area contributed by atoms with Crippen LogP contribution in [-0.4, -0.2) is 0 Å². The van der Waals surface area contributed by atoms with E-state index in [4.69, 9.17) is 13.9 Å². The molecule has 1 aliphatic rings. The smallest absolute Gasteiger partial charge is 0.300 e. The van der Waals surface area contributed by atoms with Crippen molar-refractivity contribution in [3.8, 4) is 11.5 Å². The summed E-state index contributed by atoms with van der Waals surface area (Å²) in [7, 11) is 0. The fraction of sp³-hybridized carbons (Fsp3) is 0.0667. The molecule has 2 aromatic carbocycles. The van der Waals surface area contributed by atoms with E-state index in [0.29, 0.717) is 5.76 Å². The lowest BCUT2D eigenvalue weighted by Crippen LogP contribution is -2.06. The average Bonchev–Trinajstić information content (AvgIpc) is 3.07. The van der Waals surface area contributed by atoms with Crippen LogP contribution < -0.4 is 9.47 Å². The van der Waals surface area contributed by atoms with Gasteiger partial charge in [0.15, 0.2) is 17.3 Å². The minimum Gasteiger partial charge on any atom is -0.461 e. The molecule has 1 atom stereocenters. The highest BCUT2D eigenvalue weighted by molar-refractivity contribution is 5.91. The molecule has 0 bridgehead atoms. The van der Waals surface area contributed by atoms with Crippen molar-refractivity contribution >= 4 is 10.8 Å². The standard InChI is InChI=1S/C15H10O3/c1-2-5-11-10(4-1)7-8-12-14(11)18-15(17-12)13-6-3-9-16-13/h1-9,15H. The molecule has 0 fully saturated rings. The van der Waals surface area contributed by atoms with Crippen molar-refractivity contribution in [2.24, 2.45) is 0 Å². The van der Waals surface area contributed by atoms with Gasteiger partial charge in [-0.25, -0.2) is 0 Å². The minimum atomic E-state index is -0.485. The molecule has 3 heteroatoms. The van der Waals surface area contributed by atoms with Gasteiger partial charge in [0.1, 0.15) is 0 Å². The van der Waals surface area contributed by atoms with Crippen molar-refractivity contribution in [3.63, 3.8) is 0 Å². The molecule has 3 nitrogen and oxygen atoms in total. The molecular formula is C15H10O3. The quantitative estimate of drug-likeness (QED) is 0.644. The first-order valence-corrected chi connectivity index (χ1v) is 5.80. The zero-order chi connectivity index (χ0) is 11.9. The number of fused-ring (bicyclic) bond motifs is 3. The van der Waals surface area contributed by atoms with Gasteiger partial charge in [-0.1, -0.05) is 30.3 Å². The minimum absolute atomic E-state index is 0.485. The molecule has 0 radical (unpaired) electrons. The van der Waals surface area contributed by atoms with E-state index < -0.39 is 6.29 Å². The predicted molar refractivity (Wildman–Crippen MR) is 66.7 cm³/mol. The molecule has 4 rings (SSSR count). The Morgan fingerprint density at radius 3 is 2.67 bits per heavy atom.